The molecule has 0 amide bonds. The highest BCUT2D eigenvalue weighted by Gasteiger charge is 2.22. The molecular formula is C17H21BrFNO. The number of rotatable bonds is 5. The minimum Gasteiger partial charge on any atom is -0.466 e. The number of aryl methyl sites for hydroxylation is 2. The Labute approximate surface area is 133 Å². The summed E-state index contributed by atoms with van der Waals surface area (Å²) in [6.45, 7) is 8.96. The van der Waals surface area contributed by atoms with E-state index in [9.17, 15) is 4.39 Å². The molecule has 1 atom stereocenters. The van der Waals surface area contributed by atoms with Crippen molar-refractivity contribution in [3.8, 4) is 0 Å². The maximum atomic E-state index is 13.7. The Bertz CT molecular complexity index is 636. The van der Waals surface area contributed by atoms with Gasteiger partial charge in [0.15, 0.2) is 0 Å². The second kappa shape index (κ2) is 6.75. The van der Waals surface area contributed by atoms with Crippen LogP contribution in [0.5, 0.6) is 0 Å². The van der Waals surface area contributed by atoms with Crippen LogP contribution in [0.25, 0.3) is 0 Å². The van der Waals surface area contributed by atoms with Gasteiger partial charge in [-0.15, -0.1) is 0 Å². The number of nitrogens with one attached hydrogen (secondary N) is 1. The topological polar surface area (TPSA) is 25.2 Å². The van der Waals surface area contributed by atoms with Crippen molar-refractivity contribution in [1.82, 2.24) is 5.32 Å². The monoisotopic (exact) mass is 353 g/mol. The van der Waals surface area contributed by atoms with E-state index in [1.54, 1.807) is 6.07 Å². The van der Waals surface area contributed by atoms with Gasteiger partial charge in [0.2, 0.25) is 0 Å². The molecule has 0 aliphatic rings. The van der Waals surface area contributed by atoms with Gasteiger partial charge in [0.25, 0.3) is 0 Å². The normalized spacial score (nSPS) is 12.7. The first-order chi connectivity index (χ1) is 9.95. The molecule has 1 unspecified atom stereocenters. The average molecular weight is 354 g/mol. The molecule has 2 rings (SSSR count). The van der Waals surface area contributed by atoms with Crippen LogP contribution in [-0.4, -0.2) is 6.54 Å². The Morgan fingerprint density at radius 1 is 1.24 bits per heavy atom. The molecule has 1 aromatic heterocycles. The standard InChI is InChI=1S/C17H21BrFNO/c1-5-20-15(16-10(2)11(3)21-12(16)4)9-13-7-6-8-14(19)17(13)18/h6-8,15,20H,5,9H2,1-4H3. The Kier molecular flexibility index (Phi) is 5.22. The van der Waals surface area contributed by atoms with E-state index in [0.717, 1.165) is 23.6 Å². The van der Waals surface area contributed by atoms with E-state index in [1.165, 1.54) is 17.2 Å². The zero-order valence-electron chi connectivity index (χ0n) is 12.9. The number of benzene rings is 1. The Morgan fingerprint density at radius 3 is 2.52 bits per heavy atom. The summed E-state index contributed by atoms with van der Waals surface area (Å²) in [7, 11) is 0. The number of furan rings is 1. The molecule has 0 saturated carbocycles. The molecule has 0 saturated heterocycles. The molecular weight excluding hydrogens is 333 g/mol. The lowest BCUT2D eigenvalue weighted by molar-refractivity contribution is 0.484. The minimum atomic E-state index is -0.223. The van der Waals surface area contributed by atoms with E-state index in [2.05, 4.69) is 35.1 Å². The highest BCUT2D eigenvalue weighted by molar-refractivity contribution is 9.10. The van der Waals surface area contributed by atoms with E-state index >= 15 is 0 Å². The van der Waals surface area contributed by atoms with Crippen molar-refractivity contribution in [3.63, 3.8) is 0 Å². The second-order valence-corrected chi connectivity index (χ2v) is 6.07. The van der Waals surface area contributed by atoms with E-state index in [0.29, 0.717) is 10.9 Å². The van der Waals surface area contributed by atoms with Crippen LogP contribution in [0.1, 0.15) is 41.2 Å². The first-order valence-electron chi connectivity index (χ1n) is 7.18. The van der Waals surface area contributed by atoms with Crippen molar-refractivity contribution in [2.24, 2.45) is 0 Å². The van der Waals surface area contributed by atoms with Gasteiger partial charge in [-0.05, 0) is 66.9 Å². The van der Waals surface area contributed by atoms with Crippen molar-refractivity contribution in [2.75, 3.05) is 6.54 Å². The smallest absolute Gasteiger partial charge is 0.137 e. The fourth-order valence-electron chi connectivity index (χ4n) is 2.77. The van der Waals surface area contributed by atoms with Crippen LogP contribution in [0.3, 0.4) is 0 Å². The third-order valence-corrected chi connectivity index (χ3v) is 4.76. The molecule has 0 radical (unpaired) electrons. The SMILES string of the molecule is CCNC(Cc1cccc(F)c1Br)c1c(C)oc(C)c1C. The lowest BCUT2D eigenvalue weighted by atomic mass is 9.95. The second-order valence-electron chi connectivity index (χ2n) is 5.28. The third kappa shape index (κ3) is 3.38. The summed E-state index contributed by atoms with van der Waals surface area (Å²) in [6, 6.07) is 5.29. The highest BCUT2D eigenvalue weighted by atomic mass is 79.9. The minimum absolute atomic E-state index is 0.116. The molecule has 1 aromatic carbocycles. The fraction of sp³-hybridized carbons (Fsp3) is 0.412. The molecule has 2 aromatic rings. The molecule has 21 heavy (non-hydrogen) atoms. The fourth-order valence-corrected chi connectivity index (χ4v) is 3.20. The van der Waals surface area contributed by atoms with Gasteiger partial charge in [-0.1, -0.05) is 19.1 Å². The first kappa shape index (κ1) is 16.2. The summed E-state index contributed by atoms with van der Waals surface area (Å²) in [4.78, 5) is 0. The van der Waals surface area contributed by atoms with Gasteiger partial charge in [-0.3, -0.25) is 0 Å². The average Bonchev–Trinajstić information content (AvgIpc) is 2.68. The van der Waals surface area contributed by atoms with Crippen LogP contribution < -0.4 is 5.32 Å². The molecule has 0 spiro atoms. The lowest BCUT2D eigenvalue weighted by Crippen LogP contribution is -2.24. The van der Waals surface area contributed by atoms with E-state index in [1.807, 2.05) is 19.9 Å². The maximum absolute atomic E-state index is 13.7. The van der Waals surface area contributed by atoms with Crippen molar-refractivity contribution >= 4 is 15.9 Å². The molecule has 4 heteroatoms. The van der Waals surface area contributed by atoms with Crippen LogP contribution in [0, 0.1) is 26.6 Å². The quantitative estimate of drug-likeness (QED) is 0.817. The van der Waals surface area contributed by atoms with Crippen LogP contribution in [-0.2, 0) is 6.42 Å². The molecule has 114 valence electrons. The zero-order valence-corrected chi connectivity index (χ0v) is 14.5. The largest absolute Gasteiger partial charge is 0.466 e. The predicted molar refractivity (Wildman–Crippen MR) is 87.1 cm³/mol. The van der Waals surface area contributed by atoms with Crippen molar-refractivity contribution in [1.29, 1.82) is 0 Å². The Balaban J connectivity index is 2.38. The van der Waals surface area contributed by atoms with Crippen LogP contribution in [0.15, 0.2) is 27.1 Å². The van der Waals surface area contributed by atoms with Crippen LogP contribution in [0.4, 0.5) is 4.39 Å². The van der Waals surface area contributed by atoms with Gasteiger partial charge in [0, 0.05) is 11.6 Å². The third-order valence-electron chi connectivity index (χ3n) is 3.87. The van der Waals surface area contributed by atoms with E-state index < -0.39 is 0 Å². The summed E-state index contributed by atoms with van der Waals surface area (Å²) in [5, 5.41) is 3.49. The molecule has 0 fully saturated rings. The maximum Gasteiger partial charge on any atom is 0.137 e. The molecule has 1 heterocycles. The van der Waals surface area contributed by atoms with Gasteiger partial charge in [0.05, 0.1) is 4.47 Å². The van der Waals surface area contributed by atoms with Crippen molar-refractivity contribution in [3.05, 3.63) is 56.7 Å². The van der Waals surface area contributed by atoms with Gasteiger partial charge >= 0.3 is 0 Å². The molecule has 1 N–H and O–H groups in total. The number of likely N-dealkylation sites (N-methyl/N-ethyl adjacent to an activating group) is 1. The Morgan fingerprint density at radius 2 is 1.95 bits per heavy atom. The summed E-state index contributed by atoms with van der Waals surface area (Å²) in [5.41, 5.74) is 3.31. The molecule has 0 aliphatic heterocycles. The van der Waals surface area contributed by atoms with Gasteiger partial charge in [-0.25, -0.2) is 4.39 Å². The Hall–Kier alpha value is -1.13. The van der Waals surface area contributed by atoms with E-state index in [4.69, 9.17) is 4.42 Å². The molecule has 2 nitrogen and oxygen atoms in total. The van der Waals surface area contributed by atoms with Gasteiger partial charge in [-0.2, -0.15) is 0 Å². The number of hydrogen-bond acceptors (Lipinski definition) is 2. The molecule has 0 aliphatic carbocycles. The summed E-state index contributed by atoms with van der Waals surface area (Å²) in [6.07, 6.45) is 0.715. The lowest BCUT2D eigenvalue weighted by Gasteiger charge is -2.19. The van der Waals surface area contributed by atoms with Gasteiger partial charge in [0.1, 0.15) is 17.3 Å². The summed E-state index contributed by atoms with van der Waals surface area (Å²) >= 11 is 3.35. The number of halogens is 2. The van der Waals surface area contributed by atoms with Crippen LogP contribution >= 0.6 is 15.9 Å². The number of hydrogen-bond donors (Lipinski definition) is 1. The summed E-state index contributed by atoms with van der Waals surface area (Å²) < 4.78 is 20.0. The highest BCUT2D eigenvalue weighted by Crippen LogP contribution is 2.31. The first-order valence-corrected chi connectivity index (χ1v) is 7.97. The van der Waals surface area contributed by atoms with E-state index in [-0.39, 0.29) is 11.9 Å². The summed E-state index contributed by atoms with van der Waals surface area (Å²) in [5.74, 6) is 1.66. The van der Waals surface area contributed by atoms with Gasteiger partial charge < -0.3 is 9.73 Å². The van der Waals surface area contributed by atoms with Crippen molar-refractivity contribution in [2.45, 2.75) is 40.2 Å². The zero-order chi connectivity index (χ0) is 15.6. The van der Waals surface area contributed by atoms with Crippen LogP contribution in [0.2, 0.25) is 0 Å². The predicted octanol–water partition coefficient (Wildman–Crippen LogP) is 5.00. The molecule has 0 bridgehead atoms. The van der Waals surface area contributed by atoms with Crippen molar-refractivity contribution < 1.29 is 8.81 Å².